The molecule has 1 aliphatic heterocycles. The third kappa shape index (κ3) is 2.00. The number of carbonyl (C=O) groups excluding carboxylic acids is 2. The molecule has 4 nitrogen and oxygen atoms in total. The molecule has 0 aliphatic carbocycles. The molecule has 106 valence electrons. The van der Waals surface area contributed by atoms with Crippen LogP contribution in [0.1, 0.15) is 37.4 Å². The molecule has 0 fully saturated rings. The van der Waals surface area contributed by atoms with Crippen LogP contribution in [-0.2, 0) is 6.54 Å². The SMILES string of the molecule is Cc1cccc(C)c1CN1C(=O)c2cccc(N)c2C1=O. The minimum atomic E-state index is -0.309. The quantitative estimate of drug-likeness (QED) is 0.679. The lowest BCUT2D eigenvalue weighted by atomic mass is 10.0. The first-order valence-electron chi connectivity index (χ1n) is 6.80. The Kier molecular flexibility index (Phi) is 3.01. The highest BCUT2D eigenvalue weighted by atomic mass is 16.2. The van der Waals surface area contributed by atoms with Crippen LogP contribution < -0.4 is 5.73 Å². The van der Waals surface area contributed by atoms with Crippen molar-refractivity contribution in [3.05, 3.63) is 64.2 Å². The van der Waals surface area contributed by atoms with Crippen molar-refractivity contribution in [2.75, 3.05) is 5.73 Å². The van der Waals surface area contributed by atoms with E-state index in [1.54, 1.807) is 18.2 Å². The molecule has 1 aliphatic rings. The average molecular weight is 280 g/mol. The molecule has 2 aromatic carbocycles. The van der Waals surface area contributed by atoms with Crippen molar-refractivity contribution in [2.24, 2.45) is 0 Å². The van der Waals surface area contributed by atoms with Gasteiger partial charge in [-0.15, -0.1) is 0 Å². The molecule has 0 atom stereocenters. The number of benzene rings is 2. The molecule has 0 saturated carbocycles. The number of aryl methyl sites for hydroxylation is 2. The van der Waals surface area contributed by atoms with E-state index in [2.05, 4.69) is 0 Å². The van der Waals surface area contributed by atoms with E-state index in [0.29, 0.717) is 16.8 Å². The summed E-state index contributed by atoms with van der Waals surface area (Å²) in [4.78, 5) is 26.2. The maximum absolute atomic E-state index is 12.5. The molecule has 1 heterocycles. The van der Waals surface area contributed by atoms with Gasteiger partial charge in [-0.25, -0.2) is 0 Å². The number of anilines is 1. The number of nitrogens with zero attached hydrogens (tertiary/aromatic N) is 1. The molecular formula is C17H16N2O2. The van der Waals surface area contributed by atoms with Gasteiger partial charge in [0.15, 0.2) is 0 Å². The van der Waals surface area contributed by atoms with E-state index in [-0.39, 0.29) is 18.4 Å². The van der Waals surface area contributed by atoms with Gasteiger partial charge in [-0.3, -0.25) is 14.5 Å². The van der Waals surface area contributed by atoms with Crippen LogP contribution in [0.4, 0.5) is 5.69 Å². The van der Waals surface area contributed by atoms with Gasteiger partial charge in [0.1, 0.15) is 0 Å². The first kappa shape index (κ1) is 13.4. The number of carbonyl (C=O) groups is 2. The lowest BCUT2D eigenvalue weighted by Crippen LogP contribution is -2.29. The number of nitrogen functional groups attached to an aromatic ring is 1. The summed E-state index contributed by atoms with van der Waals surface area (Å²) in [7, 11) is 0. The molecule has 0 saturated heterocycles. The predicted molar refractivity (Wildman–Crippen MR) is 81.0 cm³/mol. The molecule has 0 bridgehead atoms. The number of hydrogen-bond donors (Lipinski definition) is 1. The van der Waals surface area contributed by atoms with Crippen LogP contribution in [0.5, 0.6) is 0 Å². The standard InChI is InChI=1S/C17H16N2O2/c1-10-5-3-6-11(2)13(10)9-19-16(20)12-7-4-8-14(18)15(12)17(19)21/h3-8H,9,18H2,1-2H3. The van der Waals surface area contributed by atoms with Crippen LogP contribution in [0.2, 0.25) is 0 Å². The van der Waals surface area contributed by atoms with Gasteiger partial charge in [0.05, 0.1) is 17.7 Å². The Bertz CT molecular complexity index is 745. The van der Waals surface area contributed by atoms with Crippen molar-refractivity contribution in [1.29, 1.82) is 0 Å². The summed E-state index contributed by atoms with van der Waals surface area (Å²) in [5, 5.41) is 0. The zero-order valence-electron chi connectivity index (χ0n) is 12.0. The molecule has 3 rings (SSSR count). The highest BCUT2D eigenvalue weighted by molar-refractivity contribution is 6.23. The third-order valence-electron chi connectivity index (χ3n) is 3.99. The van der Waals surface area contributed by atoms with Crippen LogP contribution >= 0.6 is 0 Å². The van der Waals surface area contributed by atoms with Gasteiger partial charge in [0.25, 0.3) is 11.8 Å². The number of imide groups is 1. The second kappa shape index (κ2) is 4.74. The Morgan fingerprint density at radius 2 is 1.57 bits per heavy atom. The lowest BCUT2D eigenvalue weighted by molar-refractivity contribution is 0.0642. The van der Waals surface area contributed by atoms with Gasteiger partial charge < -0.3 is 5.73 Å². The van der Waals surface area contributed by atoms with Crippen LogP contribution in [0, 0.1) is 13.8 Å². The first-order valence-corrected chi connectivity index (χ1v) is 6.80. The molecule has 0 unspecified atom stereocenters. The maximum atomic E-state index is 12.5. The van der Waals surface area contributed by atoms with Crippen molar-refractivity contribution in [3.63, 3.8) is 0 Å². The van der Waals surface area contributed by atoms with Gasteiger partial charge in [-0.2, -0.15) is 0 Å². The molecule has 2 amide bonds. The van der Waals surface area contributed by atoms with E-state index >= 15 is 0 Å². The largest absolute Gasteiger partial charge is 0.398 e. The minimum absolute atomic E-state index is 0.273. The molecule has 4 heteroatoms. The highest BCUT2D eigenvalue weighted by Gasteiger charge is 2.37. The average Bonchev–Trinajstić information content (AvgIpc) is 2.68. The zero-order chi connectivity index (χ0) is 15.1. The van der Waals surface area contributed by atoms with E-state index in [9.17, 15) is 9.59 Å². The zero-order valence-corrected chi connectivity index (χ0v) is 12.0. The minimum Gasteiger partial charge on any atom is -0.398 e. The third-order valence-corrected chi connectivity index (χ3v) is 3.99. The van der Waals surface area contributed by atoms with Crippen LogP contribution in [-0.4, -0.2) is 16.7 Å². The normalized spacial score (nSPS) is 13.7. The maximum Gasteiger partial charge on any atom is 0.263 e. The lowest BCUT2D eigenvalue weighted by Gasteiger charge is -2.17. The Morgan fingerprint density at radius 3 is 2.19 bits per heavy atom. The molecule has 0 aromatic heterocycles. The fraction of sp³-hybridized carbons (Fsp3) is 0.176. The fourth-order valence-corrected chi connectivity index (χ4v) is 2.76. The topological polar surface area (TPSA) is 63.4 Å². The number of fused-ring (bicyclic) bond motifs is 1. The molecule has 0 spiro atoms. The molecule has 21 heavy (non-hydrogen) atoms. The summed E-state index contributed by atoms with van der Waals surface area (Å²) < 4.78 is 0. The van der Waals surface area contributed by atoms with Gasteiger partial charge in [-0.1, -0.05) is 24.3 Å². The van der Waals surface area contributed by atoms with Gasteiger partial charge in [-0.05, 0) is 42.7 Å². The summed E-state index contributed by atoms with van der Waals surface area (Å²) in [6, 6.07) is 10.9. The number of nitrogens with two attached hydrogens (primary N) is 1. The van der Waals surface area contributed by atoms with Gasteiger partial charge in [0.2, 0.25) is 0 Å². The second-order valence-electron chi connectivity index (χ2n) is 5.34. The Morgan fingerprint density at radius 1 is 0.952 bits per heavy atom. The molecular weight excluding hydrogens is 264 g/mol. The predicted octanol–water partition coefficient (Wildman–Crippen LogP) is 2.68. The second-order valence-corrected chi connectivity index (χ2v) is 5.34. The van der Waals surface area contributed by atoms with E-state index in [0.717, 1.165) is 16.7 Å². The Labute approximate surface area is 123 Å². The summed E-state index contributed by atoms with van der Waals surface area (Å²) >= 11 is 0. The number of rotatable bonds is 2. The highest BCUT2D eigenvalue weighted by Crippen LogP contribution is 2.29. The smallest absolute Gasteiger partial charge is 0.263 e. The van der Waals surface area contributed by atoms with E-state index in [1.165, 1.54) is 4.90 Å². The van der Waals surface area contributed by atoms with Crippen molar-refractivity contribution in [1.82, 2.24) is 4.90 Å². The summed E-state index contributed by atoms with van der Waals surface area (Å²) in [5.41, 5.74) is 10.1. The summed E-state index contributed by atoms with van der Waals surface area (Å²) in [5.74, 6) is -0.583. The van der Waals surface area contributed by atoms with E-state index < -0.39 is 0 Å². The monoisotopic (exact) mass is 280 g/mol. The number of hydrogen-bond acceptors (Lipinski definition) is 3. The van der Waals surface area contributed by atoms with E-state index in [1.807, 2.05) is 32.0 Å². The van der Waals surface area contributed by atoms with Crippen molar-refractivity contribution >= 4 is 17.5 Å². The van der Waals surface area contributed by atoms with Crippen molar-refractivity contribution in [3.8, 4) is 0 Å². The van der Waals surface area contributed by atoms with Crippen molar-refractivity contribution < 1.29 is 9.59 Å². The summed E-state index contributed by atoms with van der Waals surface area (Å²) in [6.45, 7) is 4.24. The van der Waals surface area contributed by atoms with Crippen LogP contribution in [0.3, 0.4) is 0 Å². The summed E-state index contributed by atoms with van der Waals surface area (Å²) in [6.07, 6.45) is 0. The number of amides is 2. The van der Waals surface area contributed by atoms with Crippen LogP contribution in [0.25, 0.3) is 0 Å². The fourth-order valence-electron chi connectivity index (χ4n) is 2.76. The first-order chi connectivity index (χ1) is 10.0. The van der Waals surface area contributed by atoms with E-state index in [4.69, 9.17) is 5.73 Å². The van der Waals surface area contributed by atoms with Crippen LogP contribution in [0.15, 0.2) is 36.4 Å². The van der Waals surface area contributed by atoms with Gasteiger partial charge in [0, 0.05) is 5.69 Å². The van der Waals surface area contributed by atoms with Crippen molar-refractivity contribution in [2.45, 2.75) is 20.4 Å². The van der Waals surface area contributed by atoms with Gasteiger partial charge >= 0.3 is 0 Å². The molecule has 0 radical (unpaired) electrons. The molecule has 2 N–H and O–H groups in total. The Balaban J connectivity index is 2.01. The Hall–Kier alpha value is -2.62. The molecule has 2 aromatic rings.